The molecule has 0 radical (unpaired) electrons. The van der Waals surface area contributed by atoms with Crippen molar-refractivity contribution in [1.82, 2.24) is 5.32 Å². The summed E-state index contributed by atoms with van der Waals surface area (Å²) in [6.07, 6.45) is -5.10. The molecular weight excluding hydrogens is 707 g/mol. The van der Waals surface area contributed by atoms with E-state index in [0.29, 0.717) is 47.5 Å². The zero-order valence-corrected chi connectivity index (χ0v) is 29.8. The number of alkyl halides is 3. The lowest BCUT2D eigenvalue weighted by Crippen LogP contribution is -2.32. The van der Waals surface area contributed by atoms with Crippen LogP contribution in [-0.2, 0) is 34.0 Å². The van der Waals surface area contributed by atoms with Crippen molar-refractivity contribution in [1.29, 1.82) is 0 Å². The third-order valence-corrected chi connectivity index (χ3v) is 8.05. The number of hydrogen-bond acceptors (Lipinski definition) is 8. The number of nitrogens with two attached hydrogens (primary N) is 1. The number of carbonyl (C=O) groups excluding carboxylic acids is 2. The van der Waals surface area contributed by atoms with E-state index in [1.807, 2.05) is 84.9 Å². The molecule has 284 valence electrons. The predicted molar refractivity (Wildman–Crippen MR) is 197 cm³/mol. The van der Waals surface area contributed by atoms with E-state index in [4.69, 9.17) is 34.6 Å². The smallest absolute Gasteiger partial charge is 0.490 e. The van der Waals surface area contributed by atoms with Crippen molar-refractivity contribution in [2.45, 2.75) is 38.7 Å². The molecule has 0 aliphatic carbocycles. The summed E-state index contributed by atoms with van der Waals surface area (Å²) in [5, 5.41) is 12.3. The molecule has 5 aromatic rings. The maximum atomic E-state index is 14.0. The van der Waals surface area contributed by atoms with Crippen LogP contribution in [0.2, 0.25) is 0 Å². The van der Waals surface area contributed by atoms with Crippen molar-refractivity contribution in [3.05, 3.63) is 120 Å². The fourth-order valence-electron chi connectivity index (χ4n) is 5.43. The normalized spacial score (nSPS) is 10.8. The van der Waals surface area contributed by atoms with Gasteiger partial charge in [-0.1, -0.05) is 66.7 Å². The van der Waals surface area contributed by atoms with Gasteiger partial charge in [-0.05, 0) is 63.9 Å². The van der Waals surface area contributed by atoms with Gasteiger partial charge in [0.25, 0.3) is 0 Å². The lowest BCUT2D eigenvalue weighted by Gasteiger charge is -2.26. The minimum Gasteiger partial charge on any atom is -0.493 e. The van der Waals surface area contributed by atoms with Crippen molar-refractivity contribution in [3.8, 4) is 28.7 Å². The molecule has 2 amide bonds. The molecule has 0 saturated heterocycles. The molecule has 0 fully saturated rings. The summed E-state index contributed by atoms with van der Waals surface area (Å²) < 4.78 is 54.7. The van der Waals surface area contributed by atoms with Gasteiger partial charge in [-0.3, -0.25) is 9.59 Å². The van der Waals surface area contributed by atoms with E-state index in [1.54, 1.807) is 37.3 Å². The van der Waals surface area contributed by atoms with Crippen LogP contribution in [0, 0.1) is 0 Å². The van der Waals surface area contributed by atoms with Crippen LogP contribution < -0.4 is 34.9 Å². The number of para-hydroxylation sites is 2. The van der Waals surface area contributed by atoms with E-state index >= 15 is 0 Å². The number of rotatable bonds is 14. The average molecular weight is 748 g/mol. The van der Waals surface area contributed by atoms with E-state index in [1.165, 1.54) is 7.11 Å². The summed E-state index contributed by atoms with van der Waals surface area (Å²) in [4.78, 5) is 37.5. The summed E-state index contributed by atoms with van der Waals surface area (Å²) >= 11 is 0. The number of carbonyl (C=O) groups is 3. The van der Waals surface area contributed by atoms with Crippen molar-refractivity contribution >= 4 is 34.2 Å². The molecule has 0 atom stereocenters. The zero-order chi connectivity index (χ0) is 39.3. The summed E-state index contributed by atoms with van der Waals surface area (Å²) in [7, 11) is 4.62. The maximum Gasteiger partial charge on any atom is 0.490 e. The Bertz CT molecular complexity index is 2040. The van der Waals surface area contributed by atoms with Crippen LogP contribution in [0.5, 0.6) is 28.7 Å². The van der Waals surface area contributed by atoms with Crippen molar-refractivity contribution in [3.63, 3.8) is 0 Å². The Morgan fingerprint density at radius 2 is 1.39 bits per heavy atom. The first-order valence-electron chi connectivity index (χ1n) is 16.6. The Hall–Kier alpha value is -6.28. The number of carboxylic acid groups (broad SMARTS) is 1. The van der Waals surface area contributed by atoms with Gasteiger partial charge in [-0.15, -0.1) is 0 Å². The Labute approximate surface area is 310 Å². The first-order chi connectivity index (χ1) is 25.9. The number of nitrogens with one attached hydrogen (secondary N) is 1. The zero-order valence-electron chi connectivity index (χ0n) is 29.8. The van der Waals surface area contributed by atoms with Crippen molar-refractivity contribution < 1.29 is 51.6 Å². The van der Waals surface area contributed by atoms with Crippen LogP contribution >= 0.6 is 0 Å². The highest BCUT2D eigenvalue weighted by atomic mass is 19.4. The third kappa shape index (κ3) is 10.9. The third-order valence-electron chi connectivity index (χ3n) is 8.05. The standard InChI is InChI=1S/C38H39N3O6.C2HF3O2/c1-44-34-21-27(22-35(45-2)38(34)46-3)25-41(32-16-6-7-17-33(32)47-30-14-8-10-26(20-30)23-39)37(43)19-18-36(42)40-24-29-13-9-12-28-11-4-5-15-31(28)29;3-2(4,5)1(6)7/h4-17,20-22H,18-19,23-25,39H2,1-3H3,(H,40,42);(H,6,7). The summed E-state index contributed by atoms with van der Waals surface area (Å²) in [6.45, 7) is 0.881. The second-order valence-electron chi connectivity index (χ2n) is 11.7. The number of nitrogens with zero attached hydrogens (tertiary/aromatic N) is 1. The lowest BCUT2D eigenvalue weighted by molar-refractivity contribution is -0.192. The van der Waals surface area contributed by atoms with Gasteiger partial charge in [0, 0.05) is 25.9 Å². The SMILES string of the molecule is COc1cc(CN(C(=O)CCC(=O)NCc2cccc3ccccc23)c2ccccc2Oc2cccc(CN)c2)cc(OC)c1OC.O=C(O)C(F)(F)F. The molecule has 0 aliphatic rings. The number of amides is 2. The molecule has 54 heavy (non-hydrogen) atoms. The van der Waals surface area contributed by atoms with E-state index < -0.39 is 12.1 Å². The maximum absolute atomic E-state index is 14.0. The van der Waals surface area contributed by atoms with E-state index in [-0.39, 0.29) is 31.2 Å². The quantitative estimate of drug-likeness (QED) is 0.106. The van der Waals surface area contributed by atoms with Gasteiger partial charge in [0.15, 0.2) is 17.2 Å². The number of fused-ring (bicyclic) bond motifs is 1. The topological polar surface area (TPSA) is 150 Å². The fraction of sp³-hybridized carbons (Fsp3) is 0.225. The van der Waals surface area contributed by atoms with Crippen LogP contribution in [0.4, 0.5) is 18.9 Å². The monoisotopic (exact) mass is 747 g/mol. The Morgan fingerprint density at radius 3 is 2.04 bits per heavy atom. The van der Waals surface area contributed by atoms with Gasteiger partial charge in [0.1, 0.15) is 5.75 Å². The Kier molecular flexibility index (Phi) is 14.2. The Balaban J connectivity index is 0.000000845. The van der Waals surface area contributed by atoms with Gasteiger partial charge in [-0.25, -0.2) is 4.79 Å². The minimum atomic E-state index is -5.08. The average Bonchev–Trinajstić information content (AvgIpc) is 3.17. The number of anilines is 1. The molecule has 0 unspecified atom stereocenters. The molecule has 0 spiro atoms. The number of ether oxygens (including phenoxy) is 4. The van der Waals surface area contributed by atoms with Crippen LogP contribution in [0.3, 0.4) is 0 Å². The largest absolute Gasteiger partial charge is 0.493 e. The first-order valence-corrected chi connectivity index (χ1v) is 16.6. The number of methoxy groups -OCH3 is 3. The molecule has 11 nitrogen and oxygen atoms in total. The first kappa shape index (κ1) is 40.5. The van der Waals surface area contributed by atoms with E-state index in [2.05, 4.69) is 5.32 Å². The van der Waals surface area contributed by atoms with Gasteiger partial charge in [0.2, 0.25) is 17.6 Å². The second-order valence-corrected chi connectivity index (χ2v) is 11.7. The highest BCUT2D eigenvalue weighted by Crippen LogP contribution is 2.40. The number of aliphatic carboxylic acids is 1. The molecule has 0 saturated carbocycles. The molecule has 5 rings (SSSR count). The van der Waals surface area contributed by atoms with Crippen LogP contribution in [0.25, 0.3) is 10.8 Å². The number of hydrogen-bond donors (Lipinski definition) is 3. The molecular formula is C40H40F3N3O8. The highest BCUT2D eigenvalue weighted by Gasteiger charge is 2.38. The summed E-state index contributed by atoms with van der Waals surface area (Å²) in [5.74, 6) is -0.796. The van der Waals surface area contributed by atoms with Crippen molar-refractivity contribution in [2.75, 3.05) is 26.2 Å². The van der Waals surface area contributed by atoms with E-state index in [0.717, 1.165) is 27.5 Å². The van der Waals surface area contributed by atoms with Crippen LogP contribution in [-0.4, -0.2) is 50.4 Å². The summed E-state index contributed by atoms with van der Waals surface area (Å²) in [5.41, 5.74) is 9.05. The predicted octanol–water partition coefficient (Wildman–Crippen LogP) is 7.38. The van der Waals surface area contributed by atoms with Crippen LogP contribution in [0.1, 0.15) is 29.5 Å². The van der Waals surface area contributed by atoms with Gasteiger partial charge < -0.3 is 40.0 Å². The van der Waals surface area contributed by atoms with Gasteiger partial charge in [-0.2, -0.15) is 13.2 Å². The molecule has 0 aliphatic heterocycles. The van der Waals surface area contributed by atoms with E-state index in [9.17, 15) is 22.8 Å². The molecule has 5 aromatic carbocycles. The fourth-order valence-corrected chi connectivity index (χ4v) is 5.43. The van der Waals surface area contributed by atoms with Gasteiger partial charge >= 0.3 is 12.1 Å². The van der Waals surface area contributed by atoms with Crippen LogP contribution in [0.15, 0.2) is 103 Å². The highest BCUT2D eigenvalue weighted by molar-refractivity contribution is 5.97. The Morgan fingerprint density at radius 1 is 0.759 bits per heavy atom. The molecule has 0 heterocycles. The molecule has 14 heteroatoms. The molecule has 4 N–H and O–H groups in total. The number of carboxylic acids is 1. The number of benzene rings is 5. The summed E-state index contributed by atoms with van der Waals surface area (Å²) in [6, 6.07) is 32.4. The lowest BCUT2D eigenvalue weighted by atomic mass is 10.0. The molecule has 0 bridgehead atoms. The van der Waals surface area contributed by atoms with Gasteiger partial charge in [0.05, 0.1) is 33.6 Å². The number of halogens is 3. The molecule has 0 aromatic heterocycles. The minimum absolute atomic E-state index is 0.0108. The van der Waals surface area contributed by atoms with Crippen molar-refractivity contribution in [2.24, 2.45) is 5.73 Å². The second kappa shape index (κ2) is 19.0.